The molecule has 1 aromatic rings. The quantitative estimate of drug-likeness (QED) is 0.612. The van der Waals surface area contributed by atoms with Crippen LogP contribution in [0.4, 0.5) is 0 Å². The van der Waals surface area contributed by atoms with Gasteiger partial charge < -0.3 is 20.3 Å². The Balaban J connectivity index is 2.08. The molecule has 3 N–H and O–H groups in total. The molecule has 1 aromatic carbocycles. The molecule has 0 heterocycles. The Labute approximate surface area is 121 Å². The molecule has 0 aliphatic carbocycles. The van der Waals surface area contributed by atoms with Gasteiger partial charge in [-0.1, -0.05) is 38.3 Å². The Morgan fingerprint density at radius 3 is 2.50 bits per heavy atom. The van der Waals surface area contributed by atoms with E-state index < -0.39 is 6.10 Å². The van der Waals surface area contributed by atoms with E-state index in [2.05, 4.69) is 6.92 Å². The minimum atomic E-state index is -0.588. The lowest BCUT2D eigenvalue weighted by molar-refractivity contribution is 0.0110. The van der Waals surface area contributed by atoms with Gasteiger partial charge in [-0.3, -0.25) is 0 Å². The summed E-state index contributed by atoms with van der Waals surface area (Å²) in [4.78, 5) is 0. The molecule has 4 nitrogen and oxygen atoms in total. The van der Waals surface area contributed by atoms with Gasteiger partial charge in [0.25, 0.3) is 0 Å². The van der Waals surface area contributed by atoms with Gasteiger partial charge in [0.15, 0.2) is 0 Å². The Morgan fingerprint density at radius 1 is 1.10 bits per heavy atom. The van der Waals surface area contributed by atoms with E-state index in [0.717, 1.165) is 17.7 Å². The zero-order chi connectivity index (χ0) is 14.6. The molecule has 0 amide bonds. The van der Waals surface area contributed by atoms with Crippen LogP contribution in [0.15, 0.2) is 24.3 Å². The molecule has 0 bridgehead atoms. The molecule has 0 radical (unpaired) electrons. The third-order valence-electron chi connectivity index (χ3n) is 3.05. The van der Waals surface area contributed by atoms with Gasteiger partial charge in [-0.05, 0) is 24.1 Å². The van der Waals surface area contributed by atoms with Gasteiger partial charge in [-0.25, -0.2) is 0 Å². The van der Waals surface area contributed by atoms with Crippen LogP contribution in [0.25, 0.3) is 0 Å². The minimum Gasteiger partial charge on any atom is -0.491 e. The van der Waals surface area contributed by atoms with E-state index in [1.54, 1.807) is 0 Å². The van der Waals surface area contributed by atoms with E-state index in [1.807, 2.05) is 24.3 Å². The van der Waals surface area contributed by atoms with E-state index in [-0.39, 0.29) is 6.61 Å². The predicted molar refractivity (Wildman–Crippen MR) is 80.8 cm³/mol. The van der Waals surface area contributed by atoms with Gasteiger partial charge in [0.05, 0.1) is 6.61 Å². The lowest BCUT2D eigenvalue weighted by Crippen LogP contribution is -2.23. The van der Waals surface area contributed by atoms with E-state index in [4.69, 9.17) is 15.2 Å². The Kier molecular flexibility index (Phi) is 9.04. The van der Waals surface area contributed by atoms with Gasteiger partial charge in [0.2, 0.25) is 0 Å². The summed E-state index contributed by atoms with van der Waals surface area (Å²) in [7, 11) is 0. The normalized spacial score (nSPS) is 12.3. The molecule has 0 fully saturated rings. The molecule has 20 heavy (non-hydrogen) atoms. The van der Waals surface area contributed by atoms with Crippen molar-refractivity contribution >= 4 is 0 Å². The summed E-state index contributed by atoms with van der Waals surface area (Å²) in [6.07, 6.45) is 4.13. The lowest BCUT2D eigenvalue weighted by Gasteiger charge is -2.13. The number of ether oxygens (including phenoxy) is 2. The number of hydrogen-bond acceptors (Lipinski definition) is 4. The molecule has 0 aromatic heterocycles. The van der Waals surface area contributed by atoms with Crippen molar-refractivity contribution in [2.24, 2.45) is 5.73 Å². The molecule has 1 atom stereocenters. The SMILES string of the molecule is CCCCCCOCC(O)COc1ccc(CN)cc1. The molecule has 0 saturated heterocycles. The average molecular weight is 281 g/mol. The van der Waals surface area contributed by atoms with Crippen molar-refractivity contribution in [1.29, 1.82) is 0 Å². The summed E-state index contributed by atoms with van der Waals surface area (Å²) in [5.74, 6) is 0.740. The summed E-state index contributed by atoms with van der Waals surface area (Å²) >= 11 is 0. The second kappa shape index (κ2) is 10.7. The summed E-state index contributed by atoms with van der Waals surface area (Å²) in [6, 6.07) is 7.57. The van der Waals surface area contributed by atoms with Crippen LogP contribution in [-0.2, 0) is 11.3 Å². The van der Waals surface area contributed by atoms with E-state index in [1.165, 1.54) is 19.3 Å². The summed E-state index contributed by atoms with van der Waals surface area (Å²) in [5.41, 5.74) is 6.59. The first-order valence-electron chi connectivity index (χ1n) is 7.44. The maximum absolute atomic E-state index is 9.74. The van der Waals surface area contributed by atoms with Crippen molar-refractivity contribution in [3.63, 3.8) is 0 Å². The van der Waals surface area contributed by atoms with Crippen LogP contribution in [-0.4, -0.2) is 31.0 Å². The molecule has 1 rings (SSSR count). The zero-order valence-electron chi connectivity index (χ0n) is 12.4. The predicted octanol–water partition coefficient (Wildman–Crippen LogP) is 2.48. The number of benzene rings is 1. The fraction of sp³-hybridized carbons (Fsp3) is 0.625. The molecule has 0 saturated carbocycles. The minimum absolute atomic E-state index is 0.247. The Bertz CT molecular complexity index is 340. The van der Waals surface area contributed by atoms with Crippen LogP contribution in [0, 0.1) is 0 Å². The largest absolute Gasteiger partial charge is 0.491 e. The van der Waals surface area contributed by atoms with Crippen LogP contribution >= 0.6 is 0 Å². The average Bonchev–Trinajstić information content (AvgIpc) is 2.49. The van der Waals surface area contributed by atoms with Gasteiger partial charge in [-0.15, -0.1) is 0 Å². The first kappa shape index (κ1) is 17.0. The van der Waals surface area contributed by atoms with Crippen molar-refractivity contribution in [2.45, 2.75) is 45.3 Å². The molecule has 1 unspecified atom stereocenters. The molecule has 114 valence electrons. The number of aliphatic hydroxyl groups is 1. The smallest absolute Gasteiger partial charge is 0.119 e. The highest BCUT2D eigenvalue weighted by Gasteiger charge is 2.05. The van der Waals surface area contributed by atoms with Crippen LogP contribution < -0.4 is 10.5 Å². The topological polar surface area (TPSA) is 64.7 Å². The summed E-state index contributed by atoms with van der Waals surface area (Å²) in [6.45, 7) is 3.99. The van der Waals surface area contributed by atoms with Gasteiger partial charge in [0.1, 0.15) is 18.5 Å². The third-order valence-corrected chi connectivity index (χ3v) is 3.05. The number of aliphatic hydroxyl groups excluding tert-OH is 1. The first-order chi connectivity index (χ1) is 9.76. The van der Waals surface area contributed by atoms with Gasteiger partial charge in [-0.2, -0.15) is 0 Å². The molecule has 4 heteroatoms. The van der Waals surface area contributed by atoms with Crippen LogP contribution in [0.2, 0.25) is 0 Å². The molecular formula is C16H27NO3. The third kappa shape index (κ3) is 7.48. The van der Waals surface area contributed by atoms with E-state index in [9.17, 15) is 5.11 Å². The fourth-order valence-corrected chi connectivity index (χ4v) is 1.81. The molecule has 0 aliphatic heterocycles. The number of rotatable bonds is 11. The van der Waals surface area contributed by atoms with Crippen LogP contribution in [0.5, 0.6) is 5.75 Å². The lowest BCUT2D eigenvalue weighted by atomic mass is 10.2. The van der Waals surface area contributed by atoms with Gasteiger partial charge >= 0.3 is 0 Å². The molecule has 0 aliphatic rings. The Morgan fingerprint density at radius 2 is 1.85 bits per heavy atom. The van der Waals surface area contributed by atoms with Crippen molar-refractivity contribution in [1.82, 2.24) is 0 Å². The van der Waals surface area contributed by atoms with Crippen LogP contribution in [0.3, 0.4) is 0 Å². The standard InChI is InChI=1S/C16H27NO3/c1-2-3-4-5-10-19-12-15(18)13-20-16-8-6-14(11-17)7-9-16/h6-9,15,18H,2-5,10-13,17H2,1H3. The number of hydrogen-bond donors (Lipinski definition) is 2. The van der Waals surface area contributed by atoms with E-state index in [0.29, 0.717) is 19.8 Å². The second-order valence-electron chi connectivity index (χ2n) is 4.95. The summed E-state index contributed by atoms with van der Waals surface area (Å²) in [5, 5.41) is 9.74. The van der Waals surface area contributed by atoms with Crippen molar-refractivity contribution in [3.05, 3.63) is 29.8 Å². The van der Waals surface area contributed by atoms with E-state index >= 15 is 0 Å². The molecule has 0 spiro atoms. The van der Waals surface area contributed by atoms with Crippen molar-refractivity contribution in [3.8, 4) is 5.75 Å². The highest BCUT2D eigenvalue weighted by atomic mass is 16.5. The first-order valence-corrected chi connectivity index (χ1v) is 7.44. The highest BCUT2D eigenvalue weighted by Crippen LogP contribution is 2.12. The number of nitrogens with two attached hydrogens (primary N) is 1. The second-order valence-corrected chi connectivity index (χ2v) is 4.95. The zero-order valence-corrected chi connectivity index (χ0v) is 12.4. The maximum atomic E-state index is 9.74. The maximum Gasteiger partial charge on any atom is 0.119 e. The van der Waals surface area contributed by atoms with Gasteiger partial charge in [0, 0.05) is 13.2 Å². The monoisotopic (exact) mass is 281 g/mol. The fourth-order valence-electron chi connectivity index (χ4n) is 1.81. The molecular weight excluding hydrogens is 254 g/mol. The highest BCUT2D eigenvalue weighted by molar-refractivity contribution is 5.27. The van der Waals surface area contributed by atoms with Crippen molar-refractivity contribution < 1.29 is 14.6 Å². The summed E-state index contributed by atoms with van der Waals surface area (Å²) < 4.78 is 10.9. The Hall–Kier alpha value is -1.10. The number of unbranched alkanes of at least 4 members (excludes halogenated alkanes) is 3. The van der Waals surface area contributed by atoms with Crippen molar-refractivity contribution in [2.75, 3.05) is 19.8 Å². The van der Waals surface area contributed by atoms with Crippen LogP contribution in [0.1, 0.15) is 38.2 Å².